The molecular formula is C10H9F6N5. The molecule has 0 unspecified atom stereocenters. The Hall–Kier alpha value is -2.07. The van der Waals surface area contributed by atoms with E-state index in [1.54, 1.807) is 0 Å². The minimum absolute atomic E-state index is 0.117. The molecule has 116 valence electrons. The number of H-pyrrole nitrogens is 1. The van der Waals surface area contributed by atoms with E-state index in [2.05, 4.69) is 20.5 Å². The second-order valence-electron chi connectivity index (χ2n) is 4.26. The number of nitrogens with zero attached hydrogens (tertiary/aromatic N) is 4. The topological polar surface area (TPSA) is 59.4 Å². The summed E-state index contributed by atoms with van der Waals surface area (Å²) in [5.74, 6) is 0. The van der Waals surface area contributed by atoms with Crippen molar-refractivity contribution in [2.75, 3.05) is 0 Å². The molecule has 0 aliphatic rings. The molecule has 0 saturated carbocycles. The van der Waals surface area contributed by atoms with Gasteiger partial charge in [0.25, 0.3) is 0 Å². The van der Waals surface area contributed by atoms with Gasteiger partial charge >= 0.3 is 12.4 Å². The van der Waals surface area contributed by atoms with Gasteiger partial charge in [-0.1, -0.05) is 0 Å². The summed E-state index contributed by atoms with van der Waals surface area (Å²) < 4.78 is 77.4. The van der Waals surface area contributed by atoms with Crippen LogP contribution in [0, 0.1) is 0 Å². The molecule has 2 rings (SSSR count). The largest absolute Gasteiger partial charge is 0.435 e. The lowest BCUT2D eigenvalue weighted by Gasteiger charge is -2.10. The molecule has 1 N–H and O–H groups in total. The molecule has 2 heterocycles. The van der Waals surface area contributed by atoms with Gasteiger partial charge in [-0.15, -0.1) is 0 Å². The summed E-state index contributed by atoms with van der Waals surface area (Å²) in [4.78, 5) is 0. The van der Waals surface area contributed by atoms with Crippen LogP contribution in [0.1, 0.15) is 22.6 Å². The van der Waals surface area contributed by atoms with Gasteiger partial charge < -0.3 is 0 Å². The molecule has 2 aromatic rings. The number of hydrogen-bond acceptors (Lipinski definition) is 3. The zero-order valence-corrected chi connectivity index (χ0v) is 10.5. The fourth-order valence-electron chi connectivity index (χ4n) is 1.99. The maximum atomic E-state index is 12.9. The Kier molecular flexibility index (Phi) is 3.68. The average molecular weight is 313 g/mol. The van der Waals surface area contributed by atoms with Crippen LogP contribution in [0.5, 0.6) is 0 Å². The number of rotatable bonds is 3. The first-order valence-electron chi connectivity index (χ1n) is 5.65. The molecule has 0 fully saturated rings. The van der Waals surface area contributed by atoms with E-state index in [0.717, 1.165) is 7.05 Å². The van der Waals surface area contributed by atoms with Crippen molar-refractivity contribution in [1.29, 1.82) is 0 Å². The van der Waals surface area contributed by atoms with Crippen molar-refractivity contribution < 1.29 is 26.3 Å². The highest BCUT2D eigenvalue weighted by Crippen LogP contribution is 2.39. The van der Waals surface area contributed by atoms with E-state index in [1.807, 2.05) is 0 Å². The standard InChI is InChI=1S/C10H9F6N5/c1-21-8(10(14,15)16)6(7(19-21)9(11,12)13)3-2-5-4-17-20-18-5/h4H,2-3H2,1H3,(H,17,18,20). The van der Waals surface area contributed by atoms with E-state index >= 15 is 0 Å². The van der Waals surface area contributed by atoms with Gasteiger partial charge in [0, 0.05) is 12.6 Å². The van der Waals surface area contributed by atoms with Crippen LogP contribution in [0.3, 0.4) is 0 Å². The SMILES string of the molecule is Cn1nc(C(F)(F)F)c(CCc2cn[nH]n2)c1C(F)(F)F. The molecule has 0 saturated heterocycles. The number of aromatic amines is 1. The van der Waals surface area contributed by atoms with E-state index in [-0.39, 0.29) is 16.8 Å². The number of alkyl halides is 6. The van der Waals surface area contributed by atoms with Crippen LogP contribution in [-0.4, -0.2) is 25.2 Å². The van der Waals surface area contributed by atoms with Crippen molar-refractivity contribution in [3.8, 4) is 0 Å². The lowest BCUT2D eigenvalue weighted by atomic mass is 10.0. The third kappa shape index (κ3) is 3.16. The van der Waals surface area contributed by atoms with Crippen LogP contribution in [-0.2, 0) is 32.2 Å². The first kappa shape index (κ1) is 15.3. The Bertz CT molecular complexity index is 609. The Morgan fingerprint density at radius 1 is 1.10 bits per heavy atom. The Morgan fingerprint density at radius 3 is 2.24 bits per heavy atom. The average Bonchev–Trinajstić information content (AvgIpc) is 2.90. The predicted molar refractivity (Wildman–Crippen MR) is 57.0 cm³/mol. The monoisotopic (exact) mass is 313 g/mol. The van der Waals surface area contributed by atoms with Gasteiger partial charge in [0.05, 0.1) is 11.9 Å². The van der Waals surface area contributed by atoms with Crippen LogP contribution >= 0.6 is 0 Å². The van der Waals surface area contributed by atoms with Crippen molar-refractivity contribution in [3.63, 3.8) is 0 Å². The van der Waals surface area contributed by atoms with Crippen LogP contribution in [0.15, 0.2) is 6.20 Å². The minimum Gasteiger partial charge on any atom is -0.263 e. The zero-order valence-electron chi connectivity index (χ0n) is 10.5. The van der Waals surface area contributed by atoms with Gasteiger partial charge in [-0.2, -0.15) is 46.9 Å². The molecule has 0 bridgehead atoms. The summed E-state index contributed by atoms with van der Waals surface area (Å²) in [5.41, 5.74) is -3.56. The summed E-state index contributed by atoms with van der Waals surface area (Å²) in [6.45, 7) is 0. The summed E-state index contributed by atoms with van der Waals surface area (Å²) in [5, 5.41) is 12.2. The number of nitrogens with one attached hydrogen (secondary N) is 1. The van der Waals surface area contributed by atoms with Crippen LogP contribution in [0.4, 0.5) is 26.3 Å². The second kappa shape index (κ2) is 5.04. The molecule has 0 atom stereocenters. The summed E-state index contributed by atoms with van der Waals surface area (Å²) in [6.07, 6.45) is -9.26. The summed E-state index contributed by atoms with van der Waals surface area (Å²) in [6, 6.07) is 0. The molecule has 2 aromatic heterocycles. The predicted octanol–water partition coefficient (Wildman–Crippen LogP) is 2.36. The lowest BCUT2D eigenvalue weighted by Crippen LogP contribution is -2.15. The van der Waals surface area contributed by atoms with E-state index in [4.69, 9.17) is 0 Å². The van der Waals surface area contributed by atoms with E-state index in [0.29, 0.717) is 0 Å². The maximum Gasteiger partial charge on any atom is 0.435 e. The molecule has 0 aliphatic heterocycles. The zero-order chi connectivity index (χ0) is 15.8. The van der Waals surface area contributed by atoms with Gasteiger partial charge in [-0.05, 0) is 12.8 Å². The van der Waals surface area contributed by atoms with Crippen LogP contribution < -0.4 is 0 Å². The van der Waals surface area contributed by atoms with Gasteiger partial charge in [-0.25, -0.2) is 0 Å². The molecule has 0 aromatic carbocycles. The number of aryl methyl sites for hydroxylation is 2. The van der Waals surface area contributed by atoms with Gasteiger partial charge in [0.15, 0.2) is 5.69 Å². The normalized spacial score (nSPS) is 12.9. The molecule has 21 heavy (non-hydrogen) atoms. The third-order valence-electron chi connectivity index (χ3n) is 2.78. The van der Waals surface area contributed by atoms with Crippen molar-refractivity contribution in [2.45, 2.75) is 25.2 Å². The fraction of sp³-hybridized carbons (Fsp3) is 0.500. The molecular weight excluding hydrogens is 304 g/mol. The molecule has 5 nitrogen and oxygen atoms in total. The van der Waals surface area contributed by atoms with Gasteiger partial charge in [0.1, 0.15) is 5.69 Å². The first-order chi connectivity index (χ1) is 9.60. The Balaban J connectivity index is 2.44. The van der Waals surface area contributed by atoms with Crippen LogP contribution in [0.2, 0.25) is 0 Å². The van der Waals surface area contributed by atoms with Gasteiger partial charge in [0.2, 0.25) is 0 Å². The highest BCUT2D eigenvalue weighted by atomic mass is 19.4. The van der Waals surface area contributed by atoms with Crippen molar-refractivity contribution in [2.24, 2.45) is 7.05 Å². The quantitative estimate of drug-likeness (QED) is 0.885. The van der Waals surface area contributed by atoms with E-state index in [1.165, 1.54) is 6.20 Å². The summed E-state index contributed by atoms with van der Waals surface area (Å²) in [7, 11) is 0.831. The third-order valence-corrected chi connectivity index (χ3v) is 2.78. The van der Waals surface area contributed by atoms with Crippen molar-refractivity contribution >= 4 is 0 Å². The first-order valence-corrected chi connectivity index (χ1v) is 5.65. The highest BCUT2D eigenvalue weighted by molar-refractivity contribution is 5.31. The van der Waals surface area contributed by atoms with Crippen molar-refractivity contribution in [1.82, 2.24) is 25.2 Å². The molecule has 0 aliphatic carbocycles. The number of hydrogen-bond donors (Lipinski definition) is 1. The van der Waals surface area contributed by atoms with Gasteiger partial charge in [-0.3, -0.25) is 4.68 Å². The minimum atomic E-state index is -4.96. The molecule has 0 spiro atoms. The number of halogens is 6. The smallest absolute Gasteiger partial charge is 0.263 e. The lowest BCUT2D eigenvalue weighted by molar-refractivity contribution is -0.145. The maximum absolute atomic E-state index is 12.9. The Labute approximate surface area is 113 Å². The highest BCUT2D eigenvalue weighted by Gasteiger charge is 2.45. The van der Waals surface area contributed by atoms with E-state index in [9.17, 15) is 26.3 Å². The second-order valence-corrected chi connectivity index (χ2v) is 4.26. The Morgan fingerprint density at radius 2 is 1.76 bits per heavy atom. The molecule has 11 heteroatoms. The summed E-state index contributed by atoms with van der Waals surface area (Å²) >= 11 is 0. The number of aromatic nitrogens is 5. The fourth-order valence-corrected chi connectivity index (χ4v) is 1.99. The molecule has 0 radical (unpaired) electrons. The van der Waals surface area contributed by atoms with Crippen molar-refractivity contribution in [3.05, 3.63) is 28.8 Å². The van der Waals surface area contributed by atoms with Crippen LogP contribution in [0.25, 0.3) is 0 Å². The molecule has 0 amide bonds. The van der Waals surface area contributed by atoms with E-state index < -0.39 is 35.7 Å².